The standard InChI is InChI=1S/C19H22N2O2/c1-3-12-21(15-16-8-6-5-7-9-16)19(23)17-10-13-20(14-11-17)18(22)4-2/h1,4-9,17H,2,10-15H2. The van der Waals surface area contributed by atoms with E-state index < -0.39 is 0 Å². The zero-order valence-electron chi connectivity index (χ0n) is 13.3. The van der Waals surface area contributed by atoms with E-state index in [1.807, 2.05) is 30.3 Å². The minimum absolute atomic E-state index is 0.0686. The van der Waals surface area contributed by atoms with E-state index in [1.165, 1.54) is 6.08 Å². The van der Waals surface area contributed by atoms with Crippen LogP contribution < -0.4 is 0 Å². The smallest absolute Gasteiger partial charge is 0.245 e. The van der Waals surface area contributed by atoms with Gasteiger partial charge in [-0.1, -0.05) is 42.8 Å². The minimum Gasteiger partial charge on any atom is -0.339 e. The van der Waals surface area contributed by atoms with E-state index in [4.69, 9.17) is 6.42 Å². The molecule has 0 radical (unpaired) electrons. The van der Waals surface area contributed by atoms with Crippen molar-refractivity contribution in [2.24, 2.45) is 5.92 Å². The summed E-state index contributed by atoms with van der Waals surface area (Å²) in [6, 6.07) is 9.83. The van der Waals surface area contributed by atoms with Crippen LogP contribution in [0.2, 0.25) is 0 Å². The van der Waals surface area contributed by atoms with E-state index in [-0.39, 0.29) is 17.7 Å². The number of amides is 2. The van der Waals surface area contributed by atoms with Crippen LogP contribution in [0.25, 0.3) is 0 Å². The van der Waals surface area contributed by atoms with Crippen molar-refractivity contribution < 1.29 is 9.59 Å². The van der Waals surface area contributed by atoms with Crippen LogP contribution in [0.4, 0.5) is 0 Å². The van der Waals surface area contributed by atoms with Crippen LogP contribution in [0.5, 0.6) is 0 Å². The number of benzene rings is 1. The predicted molar refractivity (Wildman–Crippen MR) is 90.2 cm³/mol. The summed E-state index contributed by atoms with van der Waals surface area (Å²) in [5, 5.41) is 0. The Hall–Kier alpha value is -2.54. The molecule has 1 aromatic rings. The number of carbonyl (C=O) groups is 2. The molecule has 1 heterocycles. The fraction of sp³-hybridized carbons (Fsp3) is 0.368. The third kappa shape index (κ3) is 4.46. The van der Waals surface area contributed by atoms with Gasteiger partial charge in [0.1, 0.15) is 0 Å². The SMILES string of the molecule is C#CCN(Cc1ccccc1)C(=O)C1CCN(C(=O)C=C)CC1. The molecule has 0 unspecified atom stereocenters. The van der Waals surface area contributed by atoms with Gasteiger partial charge in [0.2, 0.25) is 11.8 Å². The Morgan fingerprint density at radius 2 is 1.96 bits per heavy atom. The second-order valence-corrected chi connectivity index (χ2v) is 5.69. The molecule has 2 amide bonds. The highest BCUT2D eigenvalue weighted by Crippen LogP contribution is 2.21. The molecule has 1 fully saturated rings. The van der Waals surface area contributed by atoms with Gasteiger partial charge in [-0.3, -0.25) is 9.59 Å². The van der Waals surface area contributed by atoms with Gasteiger partial charge in [-0.25, -0.2) is 0 Å². The molecule has 1 saturated heterocycles. The van der Waals surface area contributed by atoms with Gasteiger partial charge < -0.3 is 9.80 Å². The molecule has 23 heavy (non-hydrogen) atoms. The zero-order valence-corrected chi connectivity index (χ0v) is 13.3. The second kappa shape index (κ2) is 8.19. The van der Waals surface area contributed by atoms with Crippen LogP contribution in [0.1, 0.15) is 18.4 Å². The van der Waals surface area contributed by atoms with E-state index >= 15 is 0 Å². The van der Waals surface area contributed by atoms with E-state index in [9.17, 15) is 9.59 Å². The Kier molecular flexibility index (Phi) is 5.99. The monoisotopic (exact) mass is 310 g/mol. The summed E-state index contributed by atoms with van der Waals surface area (Å²) in [6.07, 6.45) is 8.09. The number of piperidine rings is 1. The molecule has 2 rings (SSSR count). The number of nitrogens with zero attached hydrogens (tertiary/aromatic N) is 2. The zero-order chi connectivity index (χ0) is 16.7. The fourth-order valence-electron chi connectivity index (χ4n) is 2.86. The first-order valence-corrected chi connectivity index (χ1v) is 7.83. The van der Waals surface area contributed by atoms with Crippen molar-refractivity contribution in [2.45, 2.75) is 19.4 Å². The Labute approximate surface area is 137 Å². The fourth-order valence-corrected chi connectivity index (χ4v) is 2.86. The maximum atomic E-state index is 12.7. The first kappa shape index (κ1) is 16.8. The number of hydrogen-bond donors (Lipinski definition) is 0. The summed E-state index contributed by atoms with van der Waals surface area (Å²) in [6.45, 7) is 5.52. The summed E-state index contributed by atoms with van der Waals surface area (Å²) < 4.78 is 0. The Bertz CT molecular complexity index is 596. The number of rotatable bonds is 5. The molecule has 0 saturated carbocycles. The van der Waals surface area contributed by atoms with Crippen LogP contribution >= 0.6 is 0 Å². The highest BCUT2D eigenvalue weighted by molar-refractivity contribution is 5.87. The van der Waals surface area contributed by atoms with Gasteiger partial charge in [0.25, 0.3) is 0 Å². The average Bonchev–Trinajstić information content (AvgIpc) is 2.61. The number of hydrogen-bond acceptors (Lipinski definition) is 2. The van der Waals surface area contributed by atoms with Gasteiger partial charge in [0.05, 0.1) is 6.54 Å². The first-order valence-electron chi connectivity index (χ1n) is 7.83. The van der Waals surface area contributed by atoms with Crippen LogP contribution in [0.15, 0.2) is 43.0 Å². The molecule has 1 aromatic carbocycles. The summed E-state index contributed by atoms with van der Waals surface area (Å²) in [5.41, 5.74) is 1.07. The molecular formula is C19H22N2O2. The molecule has 0 N–H and O–H groups in total. The minimum atomic E-state index is -0.0688. The second-order valence-electron chi connectivity index (χ2n) is 5.69. The van der Waals surface area contributed by atoms with Gasteiger partial charge >= 0.3 is 0 Å². The van der Waals surface area contributed by atoms with Gasteiger partial charge in [0.15, 0.2) is 0 Å². The molecule has 120 valence electrons. The van der Waals surface area contributed by atoms with Gasteiger partial charge in [-0.05, 0) is 24.5 Å². The maximum absolute atomic E-state index is 12.7. The van der Waals surface area contributed by atoms with Crippen molar-refractivity contribution in [3.8, 4) is 12.3 Å². The number of carbonyl (C=O) groups excluding carboxylic acids is 2. The van der Waals surface area contributed by atoms with Crippen molar-refractivity contribution in [1.29, 1.82) is 0 Å². The van der Waals surface area contributed by atoms with E-state index in [1.54, 1.807) is 9.80 Å². The van der Waals surface area contributed by atoms with E-state index in [0.717, 1.165) is 5.56 Å². The largest absolute Gasteiger partial charge is 0.339 e. The average molecular weight is 310 g/mol. The van der Waals surface area contributed by atoms with E-state index in [0.29, 0.717) is 39.0 Å². The van der Waals surface area contributed by atoms with E-state index in [2.05, 4.69) is 12.5 Å². The molecule has 4 nitrogen and oxygen atoms in total. The molecule has 1 aliphatic rings. The first-order chi connectivity index (χ1) is 11.2. The molecule has 1 aliphatic heterocycles. The van der Waals surface area contributed by atoms with Crippen molar-refractivity contribution in [2.75, 3.05) is 19.6 Å². The van der Waals surface area contributed by atoms with Crippen molar-refractivity contribution in [3.05, 3.63) is 48.6 Å². The molecule has 0 aromatic heterocycles. The normalized spacial score (nSPS) is 14.8. The Morgan fingerprint density at radius 1 is 1.30 bits per heavy atom. The van der Waals surface area contributed by atoms with Crippen molar-refractivity contribution >= 4 is 11.8 Å². The molecule has 0 spiro atoms. The highest BCUT2D eigenvalue weighted by atomic mass is 16.2. The Morgan fingerprint density at radius 3 is 2.52 bits per heavy atom. The lowest BCUT2D eigenvalue weighted by Gasteiger charge is -2.33. The topological polar surface area (TPSA) is 40.6 Å². The van der Waals surface area contributed by atoms with Gasteiger partial charge in [-0.2, -0.15) is 0 Å². The predicted octanol–water partition coefficient (Wildman–Crippen LogP) is 2.07. The third-order valence-electron chi connectivity index (χ3n) is 4.14. The number of terminal acetylenes is 1. The molecular weight excluding hydrogens is 288 g/mol. The Balaban J connectivity index is 1.98. The summed E-state index contributed by atoms with van der Waals surface area (Å²) in [5.74, 6) is 2.52. The molecule has 0 atom stereocenters. The number of likely N-dealkylation sites (tertiary alicyclic amines) is 1. The quantitative estimate of drug-likeness (QED) is 0.617. The summed E-state index contributed by atoms with van der Waals surface area (Å²) in [7, 11) is 0. The molecule has 4 heteroatoms. The lowest BCUT2D eigenvalue weighted by Crippen LogP contribution is -2.44. The molecule has 0 aliphatic carbocycles. The van der Waals surface area contributed by atoms with Gasteiger partial charge in [0, 0.05) is 25.6 Å². The summed E-state index contributed by atoms with van der Waals surface area (Å²) >= 11 is 0. The van der Waals surface area contributed by atoms with Crippen LogP contribution in [-0.4, -0.2) is 41.2 Å². The van der Waals surface area contributed by atoms with Gasteiger partial charge in [-0.15, -0.1) is 6.42 Å². The van der Waals surface area contributed by atoms with Crippen LogP contribution in [0, 0.1) is 18.3 Å². The highest BCUT2D eigenvalue weighted by Gasteiger charge is 2.29. The van der Waals surface area contributed by atoms with Crippen molar-refractivity contribution in [3.63, 3.8) is 0 Å². The third-order valence-corrected chi connectivity index (χ3v) is 4.14. The lowest BCUT2D eigenvalue weighted by atomic mass is 9.95. The van der Waals surface area contributed by atoms with Crippen molar-refractivity contribution in [1.82, 2.24) is 9.80 Å². The van der Waals surface area contributed by atoms with Crippen LogP contribution in [0.3, 0.4) is 0 Å². The lowest BCUT2D eigenvalue weighted by molar-refractivity contribution is -0.139. The molecule has 0 bridgehead atoms. The summed E-state index contributed by atoms with van der Waals surface area (Å²) in [4.78, 5) is 27.8. The van der Waals surface area contributed by atoms with Crippen LogP contribution in [-0.2, 0) is 16.1 Å². The maximum Gasteiger partial charge on any atom is 0.245 e.